The summed E-state index contributed by atoms with van der Waals surface area (Å²) in [6.45, 7) is 2.81. The largest absolute Gasteiger partial charge is 0.459 e. The molecule has 56 valence electrons. The maximum Gasteiger partial charge on any atom is 0.330 e. The number of esters is 1. The van der Waals surface area contributed by atoms with Crippen LogP contribution in [0.25, 0.3) is 0 Å². The molecule has 0 saturated carbocycles. The Hall–Kier alpha value is -1.16. The lowest BCUT2D eigenvalue weighted by Crippen LogP contribution is -2.18. The summed E-state index contributed by atoms with van der Waals surface area (Å²) < 4.78 is 4.31. The van der Waals surface area contributed by atoms with Crippen molar-refractivity contribution in [2.24, 2.45) is 0 Å². The van der Waals surface area contributed by atoms with Gasteiger partial charge >= 0.3 is 5.97 Å². The van der Waals surface area contributed by atoms with E-state index in [1.165, 1.54) is 0 Å². The van der Waals surface area contributed by atoms with E-state index in [-0.39, 0.29) is 12.9 Å². The summed E-state index contributed by atoms with van der Waals surface area (Å²) in [6, 6.07) is 0. The maximum atomic E-state index is 10.3. The standard InChI is InChI=1S/C6H8O4/c1-2-6(9)10-4-5(8)3-7/h2-3,5,8H,1,4H2. The van der Waals surface area contributed by atoms with Gasteiger partial charge in [0.05, 0.1) is 0 Å². The Kier molecular flexibility index (Phi) is 4.15. The third kappa shape index (κ3) is 3.80. The van der Waals surface area contributed by atoms with E-state index in [4.69, 9.17) is 5.11 Å². The first-order valence-corrected chi connectivity index (χ1v) is 2.63. The highest BCUT2D eigenvalue weighted by Gasteiger charge is 2.03. The number of carbonyl (C=O) groups is 2. The van der Waals surface area contributed by atoms with Crippen molar-refractivity contribution in [1.29, 1.82) is 0 Å². The van der Waals surface area contributed by atoms with Crippen LogP contribution in [0.15, 0.2) is 12.7 Å². The van der Waals surface area contributed by atoms with Crippen molar-refractivity contribution >= 4 is 12.3 Å². The SMILES string of the molecule is C=CC(=O)OCC(O)C=O. The third-order valence-electron chi connectivity index (χ3n) is 0.720. The Bertz CT molecular complexity index is 141. The Morgan fingerprint density at radius 3 is 2.80 bits per heavy atom. The quantitative estimate of drug-likeness (QED) is 0.321. The summed E-state index contributed by atoms with van der Waals surface area (Å²) in [6.07, 6.45) is 0.0114. The van der Waals surface area contributed by atoms with Crippen molar-refractivity contribution in [3.8, 4) is 0 Å². The van der Waals surface area contributed by atoms with E-state index in [2.05, 4.69) is 11.3 Å². The molecule has 1 N–H and O–H groups in total. The minimum Gasteiger partial charge on any atom is -0.459 e. The van der Waals surface area contributed by atoms with Crippen LogP contribution in [-0.2, 0) is 14.3 Å². The lowest BCUT2D eigenvalue weighted by molar-refractivity contribution is -0.141. The van der Waals surface area contributed by atoms with E-state index >= 15 is 0 Å². The molecule has 4 nitrogen and oxygen atoms in total. The Morgan fingerprint density at radius 2 is 2.40 bits per heavy atom. The van der Waals surface area contributed by atoms with Gasteiger partial charge in [0.25, 0.3) is 0 Å². The second kappa shape index (κ2) is 4.69. The van der Waals surface area contributed by atoms with Gasteiger partial charge < -0.3 is 14.6 Å². The van der Waals surface area contributed by atoms with Crippen molar-refractivity contribution in [1.82, 2.24) is 0 Å². The predicted molar refractivity (Wildman–Crippen MR) is 33.2 cm³/mol. The molecule has 0 aromatic rings. The van der Waals surface area contributed by atoms with Crippen molar-refractivity contribution in [2.75, 3.05) is 6.61 Å². The second-order valence-electron chi connectivity index (χ2n) is 1.54. The summed E-state index contributed by atoms with van der Waals surface area (Å²) in [4.78, 5) is 20.0. The molecule has 0 aliphatic rings. The van der Waals surface area contributed by atoms with Gasteiger partial charge in [0.2, 0.25) is 0 Å². The van der Waals surface area contributed by atoms with E-state index in [1.807, 2.05) is 0 Å². The van der Waals surface area contributed by atoms with Gasteiger partial charge in [-0.1, -0.05) is 6.58 Å². The van der Waals surface area contributed by atoms with Gasteiger partial charge in [0, 0.05) is 6.08 Å². The first kappa shape index (κ1) is 8.84. The zero-order valence-electron chi connectivity index (χ0n) is 5.32. The molecular formula is C6H8O4. The van der Waals surface area contributed by atoms with Crippen molar-refractivity contribution < 1.29 is 19.4 Å². The summed E-state index contributed by atoms with van der Waals surface area (Å²) in [5.74, 6) is -0.652. The third-order valence-corrected chi connectivity index (χ3v) is 0.720. The molecule has 1 atom stereocenters. The number of rotatable bonds is 4. The molecule has 0 aromatic heterocycles. The number of hydrogen-bond donors (Lipinski definition) is 1. The number of aliphatic hydroxyl groups excluding tert-OH is 1. The molecule has 4 heteroatoms. The zero-order chi connectivity index (χ0) is 7.98. The van der Waals surface area contributed by atoms with Crippen LogP contribution in [0.1, 0.15) is 0 Å². The van der Waals surface area contributed by atoms with E-state index in [0.717, 1.165) is 6.08 Å². The second-order valence-corrected chi connectivity index (χ2v) is 1.54. The Morgan fingerprint density at radius 1 is 1.80 bits per heavy atom. The highest BCUT2D eigenvalue weighted by molar-refractivity contribution is 5.81. The van der Waals surface area contributed by atoms with E-state index in [1.54, 1.807) is 0 Å². The van der Waals surface area contributed by atoms with Crippen molar-refractivity contribution in [2.45, 2.75) is 6.10 Å². The molecule has 0 saturated heterocycles. The molecule has 0 aliphatic carbocycles. The topological polar surface area (TPSA) is 63.6 Å². The van der Waals surface area contributed by atoms with Gasteiger partial charge in [-0.2, -0.15) is 0 Å². The normalized spacial score (nSPS) is 11.7. The molecular weight excluding hydrogens is 136 g/mol. The molecule has 0 bridgehead atoms. The van der Waals surface area contributed by atoms with Crippen LogP contribution in [0.2, 0.25) is 0 Å². The number of aldehydes is 1. The lowest BCUT2D eigenvalue weighted by atomic mass is 10.4. The van der Waals surface area contributed by atoms with Gasteiger partial charge in [-0.25, -0.2) is 4.79 Å². The number of aliphatic hydroxyl groups is 1. The van der Waals surface area contributed by atoms with E-state index in [0.29, 0.717) is 0 Å². The molecule has 1 unspecified atom stereocenters. The Labute approximate surface area is 58.1 Å². The van der Waals surface area contributed by atoms with Gasteiger partial charge in [-0.3, -0.25) is 0 Å². The van der Waals surface area contributed by atoms with Gasteiger partial charge in [-0.15, -0.1) is 0 Å². The fraction of sp³-hybridized carbons (Fsp3) is 0.333. The number of hydrogen-bond acceptors (Lipinski definition) is 4. The number of carbonyl (C=O) groups excluding carboxylic acids is 2. The van der Waals surface area contributed by atoms with E-state index < -0.39 is 12.1 Å². The summed E-state index contributed by atoms with van der Waals surface area (Å²) in [5.41, 5.74) is 0. The van der Waals surface area contributed by atoms with Crippen LogP contribution in [0.5, 0.6) is 0 Å². The molecule has 0 amide bonds. The highest BCUT2D eigenvalue weighted by atomic mass is 16.5. The molecule has 0 fully saturated rings. The lowest BCUT2D eigenvalue weighted by Gasteiger charge is -2.01. The van der Waals surface area contributed by atoms with Crippen LogP contribution in [0.4, 0.5) is 0 Å². The average molecular weight is 144 g/mol. The molecule has 0 aliphatic heterocycles. The van der Waals surface area contributed by atoms with Crippen LogP contribution < -0.4 is 0 Å². The smallest absolute Gasteiger partial charge is 0.330 e. The first-order chi connectivity index (χ1) is 4.70. The van der Waals surface area contributed by atoms with Gasteiger partial charge in [0.15, 0.2) is 6.29 Å². The summed E-state index contributed by atoms with van der Waals surface area (Å²) in [7, 11) is 0. The van der Waals surface area contributed by atoms with Crippen molar-refractivity contribution in [3.05, 3.63) is 12.7 Å². The van der Waals surface area contributed by atoms with E-state index in [9.17, 15) is 9.59 Å². The summed E-state index contributed by atoms with van der Waals surface area (Å²) >= 11 is 0. The maximum absolute atomic E-state index is 10.3. The van der Waals surface area contributed by atoms with Gasteiger partial charge in [0.1, 0.15) is 12.7 Å². The van der Waals surface area contributed by atoms with Crippen LogP contribution in [-0.4, -0.2) is 30.1 Å². The molecule has 0 aromatic carbocycles. The molecule has 0 heterocycles. The number of ether oxygens (including phenoxy) is 1. The fourth-order valence-corrected chi connectivity index (χ4v) is 0.266. The fourth-order valence-electron chi connectivity index (χ4n) is 0.266. The predicted octanol–water partition coefficient (Wildman–Crippen LogP) is -0.725. The first-order valence-electron chi connectivity index (χ1n) is 2.63. The average Bonchev–Trinajstić information content (AvgIpc) is 1.99. The van der Waals surface area contributed by atoms with Crippen LogP contribution in [0.3, 0.4) is 0 Å². The van der Waals surface area contributed by atoms with Crippen molar-refractivity contribution in [3.63, 3.8) is 0 Å². The Balaban J connectivity index is 3.43. The highest BCUT2D eigenvalue weighted by Crippen LogP contribution is 1.82. The van der Waals surface area contributed by atoms with Crippen LogP contribution >= 0.6 is 0 Å². The minimum atomic E-state index is -1.23. The zero-order valence-corrected chi connectivity index (χ0v) is 5.32. The summed E-state index contributed by atoms with van der Waals surface area (Å²) in [5, 5.41) is 8.52. The monoisotopic (exact) mass is 144 g/mol. The molecule has 10 heavy (non-hydrogen) atoms. The van der Waals surface area contributed by atoms with Crippen LogP contribution in [0, 0.1) is 0 Å². The molecule has 0 radical (unpaired) electrons. The molecule has 0 spiro atoms. The van der Waals surface area contributed by atoms with Gasteiger partial charge in [-0.05, 0) is 0 Å². The minimum absolute atomic E-state index is 0.288. The molecule has 0 rings (SSSR count).